The second kappa shape index (κ2) is 12.1. The summed E-state index contributed by atoms with van der Waals surface area (Å²) in [6.07, 6.45) is -0.310. The lowest BCUT2D eigenvalue weighted by Crippen LogP contribution is -2.53. The van der Waals surface area contributed by atoms with E-state index in [0.29, 0.717) is 18.5 Å². The summed E-state index contributed by atoms with van der Waals surface area (Å²) in [5.41, 5.74) is 2.80. The van der Waals surface area contributed by atoms with E-state index in [1.807, 2.05) is 0 Å². The molecule has 0 saturated carbocycles. The van der Waals surface area contributed by atoms with Crippen LogP contribution in [0, 0.1) is 0 Å². The second-order valence-corrected chi connectivity index (χ2v) is 11.9. The summed E-state index contributed by atoms with van der Waals surface area (Å²) >= 11 is 0. The van der Waals surface area contributed by atoms with Gasteiger partial charge in [0, 0.05) is 6.42 Å². The maximum atomic E-state index is 14.1. The Morgan fingerprint density at radius 1 is 1.36 bits per heavy atom. The zero-order chi connectivity index (χ0) is 30.0. The van der Waals surface area contributed by atoms with Crippen LogP contribution in [0.2, 0.25) is 0 Å². The number of carbonyl (C=O) groups is 1. The molecule has 2 aliphatic rings. The number of carbonyl (C=O) groups excluding carboxylic acids is 1. The lowest BCUT2D eigenvalue weighted by atomic mass is 9.85. The molecule has 16 heteroatoms. The smallest absolute Gasteiger partial charge is 0.459 e. The van der Waals surface area contributed by atoms with Gasteiger partial charge in [0.05, 0.1) is 38.7 Å². The molecule has 1 aromatic carbocycles. The summed E-state index contributed by atoms with van der Waals surface area (Å²) in [6.45, 7) is 4.48. The predicted octanol–water partition coefficient (Wildman–Crippen LogP) is 0.844. The third-order valence-corrected chi connectivity index (χ3v) is 8.78. The molecule has 2 saturated heterocycles. The van der Waals surface area contributed by atoms with Crippen LogP contribution in [0.25, 0.3) is 5.52 Å². The molecule has 3 aromatic rings. The largest absolute Gasteiger partial charge is 0.459 e. The number of aliphatic imine (C=N–C) groups is 1. The molecule has 6 atom stereocenters. The second-order valence-electron chi connectivity index (χ2n) is 10.2. The number of para-hydroxylation sites is 1. The minimum Gasteiger partial charge on any atom is -0.459 e. The van der Waals surface area contributed by atoms with Crippen molar-refractivity contribution in [2.24, 2.45) is 4.99 Å². The minimum atomic E-state index is -4.35. The average Bonchev–Trinajstić information content (AvgIpc) is 3.70. The zero-order valence-electron chi connectivity index (χ0n) is 22.9. The van der Waals surface area contributed by atoms with E-state index >= 15 is 0 Å². The first kappa shape index (κ1) is 30.0. The Kier molecular flexibility index (Phi) is 8.62. The van der Waals surface area contributed by atoms with E-state index in [4.69, 9.17) is 29.0 Å². The molecular weight excluding hydrogens is 571 g/mol. The Balaban J connectivity index is 1.39. The van der Waals surface area contributed by atoms with E-state index in [0.717, 1.165) is 0 Å². The monoisotopic (exact) mass is 604 g/mol. The quantitative estimate of drug-likeness (QED) is 0.129. The van der Waals surface area contributed by atoms with Gasteiger partial charge in [0.2, 0.25) is 0 Å². The van der Waals surface area contributed by atoms with Crippen molar-refractivity contribution < 1.29 is 42.8 Å². The van der Waals surface area contributed by atoms with Gasteiger partial charge in [0.15, 0.2) is 11.4 Å². The Morgan fingerprint density at radius 3 is 2.86 bits per heavy atom. The number of aliphatic hydroxyl groups excluding tert-OH is 1. The van der Waals surface area contributed by atoms with Crippen LogP contribution in [0.1, 0.15) is 19.0 Å². The molecule has 15 nitrogen and oxygen atoms in total. The van der Waals surface area contributed by atoms with Gasteiger partial charge in [0.25, 0.3) is 0 Å². The highest BCUT2D eigenvalue weighted by Crippen LogP contribution is 2.48. The molecular formula is C26H33N6O9P. The van der Waals surface area contributed by atoms with Crippen LogP contribution in [-0.2, 0) is 33.7 Å². The van der Waals surface area contributed by atoms with Crippen molar-refractivity contribution in [1.29, 1.82) is 0 Å². The van der Waals surface area contributed by atoms with E-state index < -0.39 is 56.4 Å². The average molecular weight is 605 g/mol. The molecule has 2 fully saturated rings. The lowest BCUT2D eigenvalue weighted by molar-refractivity contribution is -0.150. The van der Waals surface area contributed by atoms with Gasteiger partial charge in [-0.05, 0) is 37.9 Å². The molecule has 2 aliphatic heterocycles. The summed E-state index contributed by atoms with van der Waals surface area (Å²) < 4.78 is 43.6. The highest BCUT2D eigenvalue weighted by molar-refractivity contribution is 7.52. The van der Waals surface area contributed by atoms with Gasteiger partial charge in [-0.3, -0.25) is 14.3 Å². The summed E-state index contributed by atoms with van der Waals surface area (Å²) in [7, 11) is -4.35. The van der Waals surface area contributed by atoms with E-state index in [1.165, 1.54) is 17.8 Å². The number of benzene rings is 1. The van der Waals surface area contributed by atoms with Gasteiger partial charge >= 0.3 is 13.7 Å². The van der Waals surface area contributed by atoms with Gasteiger partial charge in [-0.2, -0.15) is 10.2 Å². The number of nitrogen functional groups attached to an aromatic ring is 1. The van der Waals surface area contributed by atoms with Crippen molar-refractivity contribution in [3.63, 3.8) is 0 Å². The molecule has 5 rings (SSSR count). The molecule has 4 heterocycles. The van der Waals surface area contributed by atoms with Gasteiger partial charge in [-0.25, -0.2) is 14.1 Å². The number of aliphatic hydroxyl groups is 2. The number of nitrogens with one attached hydrogen (secondary N) is 1. The van der Waals surface area contributed by atoms with Crippen molar-refractivity contribution in [2.75, 3.05) is 38.7 Å². The minimum absolute atomic E-state index is 0.175. The van der Waals surface area contributed by atoms with E-state index in [-0.39, 0.29) is 30.4 Å². The number of ether oxygens (including phenoxy) is 3. The molecule has 0 radical (unpaired) electrons. The van der Waals surface area contributed by atoms with E-state index in [9.17, 15) is 19.6 Å². The fourth-order valence-electron chi connectivity index (χ4n) is 4.90. The number of hydrogen-bond donors (Lipinski definition) is 4. The van der Waals surface area contributed by atoms with Crippen LogP contribution in [0.3, 0.4) is 0 Å². The van der Waals surface area contributed by atoms with Crippen LogP contribution in [-0.4, -0.2) is 94.3 Å². The molecule has 2 aromatic heterocycles. The van der Waals surface area contributed by atoms with Crippen molar-refractivity contribution in [3.8, 4) is 5.75 Å². The fraction of sp³-hybridized carbons (Fsp3) is 0.462. The zero-order valence-corrected chi connectivity index (χ0v) is 23.8. The lowest BCUT2D eigenvalue weighted by Gasteiger charge is -2.34. The normalized spacial score (nSPS) is 27.9. The van der Waals surface area contributed by atoms with Gasteiger partial charge in [-0.15, -0.1) is 0 Å². The van der Waals surface area contributed by atoms with Crippen LogP contribution < -0.4 is 15.3 Å². The van der Waals surface area contributed by atoms with Gasteiger partial charge in [0.1, 0.15) is 41.4 Å². The molecule has 0 aliphatic carbocycles. The van der Waals surface area contributed by atoms with Crippen LogP contribution in [0.5, 0.6) is 5.75 Å². The van der Waals surface area contributed by atoms with Crippen LogP contribution >= 0.6 is 7.75 Å². The van der Waals surface area contributed by atoms with Crippen molar-refractivity contribution >= 4 is 31.8 Å². The molecule has 0 amide bonds. The highest BCUT2D eigenvalue weighted by Gasteiger charge is 2.60. The molecule has 0 spiro atoms. The summed E-state index contributed by atoms with van der Waals surface area (Å²) in [6, 6.07) is 10.2. The topological polar surface area (TPSA) is 201 Å². The van der Waals surface area contributed by atoms with Crippen molar-refractivity contribution in [2.45, 2.75) is 42.8 Å². The third-order valence-electron chi connectivity index (χ3n) is 7.16. The van der Waals surface area contributed by atoms with E-state index in [2.05, 4.69) is 26.9 Å². The maximum Gasteiger partial charge on any atom is 0.459 e. The molecule has 42 heavy (non-hydrogen) atoms. The first-order valence-electron chi connectivity index (χ1n) is 13.2. The number of nitrogens with two attached hydrogens (primary N) is 1. The summed E-state index contributed by atoms with van der Waals surface area (Å²) in [4.78, 5) is 20.6. The predicted molar refractivity (Wildman–Crippen MR) is 149 cm³/mol. The summed E-state index contributed by atoms with van der Waals surface area (Å²) in [5.74, 6) is -0.314. The Labute approximate surface area is 241 Å². The SMILES string of the molecule is C=NC[C@]1(COP(=O)(N[C@@H](C)C(=O)O[C@H]2CCOC2)Oc2ccccc2)OC[C@](O)(c2ccc3c(N)ncnn23)[C@@H]1O. The fourth-order valence-corrected chi connectivity index (χ4v) is 6.44. The van der Waals surface area contributed by atoms with E-state index in [1.54, 1.807) is 42.5 Å². The number of fused-ring (bicyclic) bond motifs is 1. The number of aromatic nitrogens is 3. The number of hydrogen-bond acceptors (Lipinski definition) is 13. The Bertz CT molecular complexity index is 1470. The van der Waals surface area contributed by atoms with Gasteiger partial charge < -0.3 is 34.7 Å². The van der Waals surface area contributed by atoms with Crippen molar-refractivity contribution in [1.82, 2.24) is 19.7 Å². The molecule has 226 valence electrons. The number of anilines is 1. The molecule has 5 N–H and O–H groups in total. The number of rotatable bonds is 12. The standard InChI is InChI=1S/C26H33N6O9P/c1-17(23(33)40-19-10-11-37-12-19)31-42(36,41-18-6-4-3-5-7-18)39-14-25(13-28-2)24(34)26(35,15-38-25)21-9-8-20-22(27)29-16-30-32(20)21/h3-9,16-17,19,24,34-35H,2,10-15H2,1H3,(H,31,36)(H2,27,29,30)/t17-,19-,24+,25+,26-,42?/m0/s1. The highest BCUT2D eigenvalue weighted by atomic mass is 31.2. The molecule has 1 unspecified atom stereocenters. The van der Waals surface area contributed by atoms with Crippen LogP contribution in [0.4, 0.5) is 5.82 Å². The number of nitrogens with zero attached hydrogens (tertiary/aromatic N) is 4. The first-order valence-corrected chi connectivity index (χ1v) is 14.7. The first-order chi connectivity index (χ1) is 20.1. The van der Waals surface area contributed by atoms with Crippen LogP contribution in [0.15, 0.2) is 53.8 Å². The Morgan fingerprint density at radius 2 is 2.14 bits per heavy atom. The Hall–Kier alpha value is -3.43. The summed E-state index contributed by atoms with van der Waals surface area (Å²) in [5, 5.41) is 30.0. The third kappa shape index (κ3) is 5.90. The van der Waals surface area contributed by atoms with Gasteiger partial charge in [-0.1, -0.05) is 18.2 Å². The maximum absolute atomic E-state index is 14.1. The van der Waals surface area contributed by atoms with Crippen molar-refractivity contribution in [3.05, 3.63) is 54.5 Å². The molecule has 0 bridgehead atoms. The number of esters is 1.